The van der Waals surface area contributed by atoms with Gasteiger partial charge in [0.2, 0.25) is 5.91 Å². The van der Waals surface area contributed by atoms with Gasteiger partial charge < -0.3 is 9.47 Å². The number of nitrogens with one attached hydrogen (secondary N) is 1. The van der Waals surface area contributed by atoms with Crippen molar-refractivity contribution < 1.29 is 19.1 Å². The number of rotatable bonds is 4. The van der Waals surface area contributed by atoms with Crippen LogP contribution in [0.4, 0.5) is 0 Å². The molecule has 6 nitrogen and oxygen atoms in total. The van der Waals surface area contributed by atoms with Gasteiger partial charge >= 0.3 is 5.97 Å². The molecular weight excluding hydrogens is 368 g/mol. The maximum absolute atomic E-state index is 12.2. The zero-order valence-corrected chi connectivity index (χ0v) is 15.9. The fraction of sp³-hybridized carbons (Fsp3) is 0.200. The molecule has 140 valence electrons. The van der Waals surface area contributed by atoms with E-state index >= 15 is 0 Å². The fourth-order valence-electron chi connectivity index (χ4n) is 2.90. The Bertz CT molecular complexity index is 909. The third-order valence-corrected chi connectivity index (χ3v) is 4.36. The molecule has 0 spiro atoms. The lowest BCUT2D eigenvalue weighted by Gasteiger charge is -2.24. The van der Waals surface area contributed by atoms with Gasteiger partial charge in [-0.05, 0) is 42.0 Å². The summed E-state index contributed by atoms with van der Waals surface area (Å²) in [5.74, 6) is 0.505. The van der Waals surface area contributed by atoms with Crippen molar-refractivity contribution in [2.24, 2.45) is 0 Å². The Morgan fingerprint density at radius 3 is 2.41 bits per heavy atom. The summed E-state index contributed by atoms with van der Waals surface area (Å²) in [4.78, 5) is 23.6. The maximum atomic E-state index is 12.2. The molecule has 1 aliphatic rings. The smallest absolute Gasteiger partial charge is 0.308 e. The van der Waals surface area contributed by atoms with E-state index in [-0.39, 0.29) is 11.9 Å². The largest absolute Gasteiger partial charge is 0.497 e. The van der Waals surface area contributed by atoms with Gasteiger partial charge in [0.25, 0.3) is 0 Å². The van der Waals surface area contributed by atoms with Crippen LogP contribution in [0.25, 0.3) is 5.70 Å². The first-order chi connectivity index (χ1) is 12.9. The second-order valence-electron chi connectivity index (χ2n) is 6.03. The highest BCUT2D eigenvalue weighted by Crippen LogP contribution is 2.36. The number of nitrogens with zero attached hydrogens (tertiary/aromatic N) is 1. The van der Waals surface area contributed by atoms with Crippen LogP contribution in [0.2, 0.25) is 5.02 Å². The molecule has 0 saturated carbocycles. The highest BCUT2D eigenvalue weighted by atomic mass is 35.5. The van der Waals surface area contributed by atoms with E-state index < -0.39 is 5.97 Å². The summed E-state index contributed by atoms with van der Waals surface area (Å²) in [6, 6.07) is 12.1. The topological polar surface area (TPSA) is 67.9 Å². The van der Waals surface area contributed by atoms with Gasteiger partial charge in [-0.15, -0.1) is 0 Å². The van der Waals surface area contributed by atoms with Gasteiger partial charge in [0.1, 0.15) is 11.5 Å². The molecule has 1 N–H and O–H groups in total. The van der Waals surface area contributed by atoms with Crippen LogP contribution in [-0.2, 0) is 9.59 Å². The van der Waals surface area contributed by atoms with Crippen molar-refractivity contribution >= 4 is 29.2 Å². The number of halogens is 1. The number of hydrazine groups is 1. The zero-order valence-electron chi connectivity index (χ0n) is 15.2. The number of methoxy groups -OCH3 is 1. The zero-order chi connectivity index (χ0) is 19.6. The fourth-order valence-corrected chi connectivity index (χ4v) is 3.07. The van der Waals surface area contributed by atoms with Crippen molar-refractivity contribution in [2.45, 2.75) is 19.9 Å². The molecule has 0 fully saturated rings. The lowest BCUT2D eigenvalue weighted by Crippen LogP contribution is -2.37. The van der Waals surface area contributed by atoms with Crippen molar-refractivity contribution in [2.75, 3.05) is 7.11 Å². The van der Waals surface area contributed by atoms with Gasteiger partial charge in [0.05, 0.1) is 18.8 Å². The molecule has 1 heterocycles. The van der Waals surface area contributed by atoms with E-state index in [1.54, 1.807) is 25.3 Å². The minimum Gasteiger partial charge on any atom is -0.497 e. The van der Waals surface area contributed by atoms with E-state index in [1.807, 2.05) is 30.3 Å². The predicted molar refractivity (Wildman–Crippen MR) is 102 cm³/mol. The minimum absolute atomic E-state index is 0.155. The highest BCUT2D eigenvalue weighted by molar-refractivity contribution is 6.30. The van der Waals surface area contributed by atoms with Crippen LogP contribution in [-0.4, -0.2) is 24.0 Å². The average Bonchev–Trinajstić information content (AvgIpc) is 3.08. The van der Waals surface area contributed by atoms with Crippen LogP contribution in [0.3, 0.4) is 0 Å². The molecule has 0 radical (unpaired) electrons. The molecule has 0 unspecified atom stereocenters. The van der Waals surface area contributed by atoms with Gasteiger partial charge in [0, 0.05) is 24.4 Å². The Balaban J connectivity index is 2.02. The SMILES string of the molecule is COc1ccc([C@@H]2C=C(c3cc(Cl)ccc3OC(C)=O)NN2C(C)=O)cc1. The third kappa shape index (κ3) is 4.06. The van der Waals surface area contributed by atoms with E-state index in [2.05, 4.69) is 5.43 Å². The summed E-state index contributed by atoms with van der Waals surface area (Å²) in [5, 5.41) is 2.00. The molecule has 2 aromatic rings. The minimum atomic E-state index is -0.438. The van der Waals surface area contributed by atoms with Gasteiger partial charge in [-0.3, -0.25) is 15.0 Å². The first kappa shape index (κ1) is 18.8. The Kier molecular flexibility index (Phi) is 5.37. The van der Waals surface area contributed by atoms with Crippen molar-refractivity contribution in [3.63, 3.8) is 0 Å². The molecule has 0 aliphatic carbocycles. The second kappa shape index (κ2) is 7.72. The summed E-state index contributed by atoms with van der Waals surface area (Å²) in [7, 11) is 1.60. The van der Waals surface area contributed by atoms with Crippen LogP contribution in [0.1, 0.15) is 31.0 Å². The average molecular weight is 387 g/mol. The monoisotopic (exact) mass is 386 g/mol. The van der Waals surface area contributed by atoms with E-state index in [1.165, 1.54) is 18.9 Å². The van der Waals surface area contributed by atoms with Crippen LogP contribution in [0.15, 0.2) is 48.5 Å². The quantitative estimate of drug-likeness (QED) is 0.640. The number of esters is 1. The third-order valence-electron chi connectivity index (χ3n) is 4.13. The van der Waals surface area contributed by atoms with Crippen molar-refractivity contribution in [3.05, 3.63) is 64.7 Å². The summed E-state index contributed by atoms with van der Waals surface area (Å²) in [6.45, 7) is 2.81. The number of carbonyl (C=O) groups excluding carboxylic acids is 2. The summed E-state index contributed by atoms with van der Waals surface area (Å²) < 4.78 is 10.5. The lowest BCUT2D eigenvalue weighted by atomic mass is 10.0. The maximum Gasteiger partial charge on any atom is 0.308 e. The van der Waals surface area contributed by atoms with E-state index in [0.29, 0.717) is 22.0 Å². The summed E-state index contributed by atoms with van der Waals surface area (Å²) >= 11 is 6.13. The number of hydrogen-bond acceptors (Lipinski definition) is 5. The normalized spacial score (nSPS) is 15.8. The molecule has 0 bridgehead atoms. The van der Waals surface area contributed by atoms with Crippen molar-refractivity contribution in [1.82, 2.24) is 10.4 Å². The summed E-state index contributed by atoms with van der Waals surface area (Å²) in [6.07, 6.45) is 1.89. The Morgan fingerprint density at radius 2 is 1.81 bits per heavy atom. The van der Waals surface area contributed by atoms with E-state index in [9.17, 15) is 9.59 Å². The van der Waals surface area contributed by atoms with Crippen LogP contribution >= 0.6 is 11.6 Å². The molecule has 2 aromatic carbocycles. The van der Waals surface area contributed by atoms with Gasteiger partial charge in [-0.1, -0.05) is 23.7 Å². The molecule has 0 saturated heterocycles. The molecule has 1 amide bonds. The number of ether oxygens (including phenoxy) is 2. The second-order valence-corrected chi connectivity index (χ2v) is 6.47. The molecule has 1 atom stereocenters. The van der Waals surface area contributed by atoms with Gasteiger partial charge in [-0.2, -0.15) is 0 Å². The Hall–Kier alpha value is -2.99. The molecule has 7 heteroatoms. The molecular formula is C20H19ClN2O4. The number of amides is 1. The summed E-state index contributed by atoms with van der Waals surface area (Å²) in [5.41, 5.74) is 5.22. The number of hydrogen-bond donors (Lipinski definition) is 1. The number of benzene rings is 2. The Labute approximate surface area is 162 Å². The molecule has 3 rings (SSSR count). The number of carbonyl (C=O) groups is 2. The molecule has 1 aliphatic heterocycles. The van der Waals surface area contributed by atoms with Crippen molar-refractivity contribution in [3.8, 4) is 11.5 Å². The van der Waals surface area contributed by atoms with Crippen LogP contribution in [0, 0.1) is 0 Å². The van der Waals surface area contributed by atoms with Crippen molar-refractivity contribution in [1.29, 1.82) is 0 Å². The first-order valence-corrected chi connectivity index (χ1v) is 8.67. The lowest BCUT2D eigenvalue weighted by molar-refractivity contribution is -0.133. The highest BCUT2D eigenvalue weighted by Gasteiger charge is 2.30. The van der Waals surface area contributed by atoms with Crippen LogP contribution in [0.5, 0.6) is 11.5 Å². The standard InChI is InChI=1S/C20H19ClN2O4/c1-12(24)23-19(14-4-7-16(26-3)8-5-14)11-18(22-23)17-10-15(21)6-9-20(17)27-13(2)25/h4-11,19,22H,1-3H3/t19-/m0/s1. The van der Waals surface area contributed by atoms with E-state index in [4.69, 9.17) is 21.1 Å². The van der Waals surface area contributed by atoms with Gasteiger partial charge in [-0.25, -0.2) is 5.01 Å². The predicted octanol–water partition coefficient (Wildman–Crippen LogP) is 3.72. The molecule has 0 aromatic heterocycles. The van der Waals surface area contributed by atoms with Gasteiger partial charge in [0.15, 0.2) is 0 Å². The Morgan fingerprint density at radius 1 is 1.11 bits per heavy atom. The van der Waals surface area contributed by atoms with E-state index in [0.717, 1.165) is 11.3 Å². The molecule has 27 heavy (non-hydrogen) atoms. The van der Waals surface area contributed by atoms with Crippen LogP contribution < -0.4 is 14.9 Å². The first-order valence-electron chi connectivity index (χ1n) is 8.29.